The van der Waals surface area contributed by atoms with Gasteiger partial charge in [-0.3, -0.25) is 0 Å². The van der Waals surface area contributed by atoms with E-state index in [-0.39, 0.29) is 12.8 Å². The Labute approximate surface area is 95.5 Å². The van der Waals surface area contributed by atoms with Gasteiger partial charge in [-0.25, -0.2) is 0 Å². The molecule has 0 aliphatic heterocycles. The third kappa shape index (κ3) is 6.55. The topological polar surface area (TPSA) is 49.1 Å². The SMILES string of the molecule is CSCC[C@@H](CC(C)[S+](N)[O-])C(F)(F)F. The number of hydrogen-bond donors (Lipinski definition) is 1. The van der Waals surface area contributed by atoms with E-state index in [2.05, 4.69) is 0 Å². The molecule has 0 aliphatic rings. The van der Waals surface area contributed by atoms with Gasteiger partial charge in [0.15, 0.2) is 0 Å². The zero-order chi connectivity index (χ0) is 12.1. The molecule has 92 valence electrons. The molecule has 0 saturated carbocycles. The van der Waals surface area contributed by atoms with E-state index in [0.717, 1.165) is 0 Å². The summed E-state index contributed by atoms with van der Waals surface area (Å²) in [4.78, 5) is 0. The summed E-state index contributed by atoms with van der Waals surface area (Å²) in [5, 5.41) is 4.44. The predicted molar refractivity (Wildman–Crippen MR) is 59.0 cm³/mol. The molecule has 3 atom stereocenters. The summed E-state index contributed by atoms with van der Waals surface area (Å²) in [5.74, 6) is -0.943. The van der Waals surface area contributed by atoms with E-state index in [1.54, 1.807) is 6.26 Å². The quantitative estimate of drug-likeness (QED) is 0.748. The van der Waals surface area contributed by atoms with Crippen molar-refractivity contribution >= 4 is 23.1 Å². The minimum Gasteiger partial charge on any atom is -0.598 e. The van der Waals surface area contributed by atoms with E-state index < -0.39 is 28.7 Å². The molecule has 0 radical (unpaired) electrons. The maximum atomic E-state index is 12.5. The zero-order valence-corrected chi connectivity index (χ0v) is 10.3. The van der Waals surface area contributed by atoms with Gasteiger partial charge < -0.3 is 4.55 Å². The van der Waals surface area contributed by atoms with Crippen molar-refractivity contribution < 1.29 is 17.7 Å². The summed E-state index contributed by atoms with van der Waals surface area (Å²) in [7, 11) is 0. The fourth-order valence-corrected chi connectivity index (χ4v) is 2.11. The Morgan fingerprint density at radius 3 is 2.33 bits per heavy atom. The summed E-state index contributed by atoms with van der Waals surface area (Å²) >= 11 is -0.304. The second-order valence-corrected chi connectivity index (χ2v) is 5.84. The Kier molecular flexibility index (Phi) is 7.07. The smallest absolute Gasteiger partial charge is 0.392 e. The van der Waals surface area contributed by atoms with Gasteiger partial charge in [-0.1, -0.05) is 0 Å². The molecule has 0 aliphatic carbocycles. The minimum atomic E-state index is -4.22. The highest BCUT2D eigenvalue weighted by molar-refractivity contribution is 7.98. The van der Waals surface area contributed by atoms with Gasteiger partial charge in [0.05, 0.1) is 5.92 Å². The van der Waals surface area contributed by atoms with E-state index in [4.69, 9.17) is 5.14 Å². The Balaban J connectivity index is 4.25. The van der Waals surface area contributed by atoms with Crippen molar-refractivity contribution in [3.05, 3.63) is 0 Å². The summed E-state index contributed by atoms with van der Waals surface area (Å²) < 4.78 is 48.4. The van der Waals surface area contributed by atoms with Crippen LogP contribution in [0.2, 0.25) is 0 Å². The molecule has 0 rings (SSSR count). The number of thioether (sulfide) groups is 1. The summed E-state index contributed by atoms with van der Waals surface area (Å²) in [6.07, 6.45) is -2.55. The second-order valence-electron chi connectivity index (χ2n) is 3.39. The molecule has 0 heterocycles. The molecule has 2 nitrogen and oxygen atoms in total. The fourth-order valence-electron chi connectivity index (χ4n) is 1.17. The lowest BCUT2D eigenvalue weighted by molar-refractivity contribution is -0.176. The van der Waals surface area contributed by atoms with Gasteiger partial charge in [-0.2, -0.15) is 30.1 Å². The third-order valence-electron chi connectivity index (χ3n) is 2.15. The van der Waals surface area contributed by atoms with E-state index in [1.807, 2.05) is 0 Å². The van der Waals surface area contributed by atoms with Crippen LogP contribution in [0.3, 0.4) is 0 Å². The molecule has 0 aromatic carbocycles. The molecule has 0 aromatic heterocycles. The van der Waals surface area contributed by atoms with Crippen molar-refractivity contribution in [3.63, 3.8) is 0 Å². The van der Waals surface area contributed by atoms with Gasteiger partial charge in [-0.05, 0) is 25.4 Å². The molecule has 2 unspecified atom stereocenters. The van der Waals surface area contributed by atoms with Crippen molar-refractivity contribution in [1.29, 1.82) is 0 Å². The van der Waals surface area contributed by atoms with E-state index in [0.29, 0.717) is 5.75 Å². The van der Waals surface area contributed by atoms with E-state index in [9.17, 15) is 17.7 Å². The molecule has 0 fully saturated rings. The lowest BCUT2D eigenvalue weighted by Crippen LogP contribution is -2.33. The molecule has 0 spiro atoms. The molecule has 15 heavy (non-hydrogen) atoms. The highest BCUT2D eigenvalue weighted by Crippen LogP contribution is 2.33. The van der Waals surface area contributed by atoms with Crippen LogP contribution in [0.1, 0.15) is 19.8 Å². The van der Waals surface area contributed by atoms with Crippen molar-refractivity contribution in [2.24, 2.45) is 11.1 Å². The Hall–Kier alpha value is 0.410. The fraction of sp³-hybridized carbons (Fsp3) is 1.00. The highest BCUT2D eigenvalue weighted by atomic mass is 32.2. The van der Waals surface area contributed by atoms with Crippen molar-refractivity contribution in [1.82, 2.24) is 0 Å². The molecule has 7 heteroatoms. The normalized spacial score (nSPS) is 18.6. The monoisotopic (exact) mass is 263 g/mol. The Morgan fingerprint density at radius 1 is 1.47 bits per heavy atom. The van der Waals surface area contributed by atoms with Crippen LogP contribution in [0.25, 0.3) is 0 Å². The largest absolute Gasteiger partial charge is 0.598 e. The van der Waals surface area contributed by atoms with Crippen LogP contribution in [0.15, 0.2) is 0 Å². The summed E-state index contributed by atoms with van der Waals surface area (Å²) in [5.41, 5.74) is 0. The average Bonchev–Trinajstić information content (AvgIpc) is 2.09. The maximum absolute atomic E-state index is 12.5. The molecule has 0 saturated heterocycles. The Bertz CT molecular complexity index is 178. The number of hydrogen-bond acceptors (Lipinski definition) is 3. The molecule has 2 N–H and O–H groups in total. The second kappa shape index (κ2) is 6.88. The number of rotatable bonds is 6. The van der Waals surface area contributed by atoms with Crippen molar-refractivity contribution in [2.75, 3.05) is 12.0 Å². The first kappa shape index (κ1) is 15.4. The van der Waals surface area contributed by atoms with Gasteiger partial charge in [0.2, 0.25) is 0 Å². The maximum Gasteiger partial charge on any atom is 0.392 e. The van der Waals surface area contributed by atoms with Crippen LogP contribution in [0.4, 0.5) is 13.2 Å². The Morgan fingerprint density at radius 2 is 2.00 bits per heavy atom. The van der Waals surface area contributed by atoms with E-state index in [1.165, 1.54) is 18.7 Å². The van der Waals surface area contributed by atoms with Gasteiger partial charge in [0, 0.05) is 17.8 Å². The average molecular weight is 263 g/mol. The standard InChI is InChI=1S/C8H16F3NOS2/c1-6(15(12)13)5-7(3-4-14-2)8(9,10)11/h6-7H,3-5,12H2,1-2H3/t6?,7-,15?/m0/s1. The molecule has 0 aromatic rings. The molecular formula is C8H16F3NOS2. The van der Waals surface area contributed by atoms with Crippen LogP contribution in [0, 0.1) is 5.92 Å². The third-order valence-corrected chi connectivity index (χ3v) is 3.78. The number of nitrogens with two attached hydrogens (primary N) is 1. The van der Waals surface area contributed by atoms with Gasteiger partial charge in [0.1, 0.15) is 5.25 Å². The van der Waals surface area contributed by atoms with Crippen molar-refractivity contribution in [2.45, 2.75) is 31.2 Å². The van der Waals surface area contributed by atoms with Crippen LogP contribution in [0.5, 0.6) is 0 Å². The first-order valence-corrected chi connectivity index (χ1v) is 7.16. The lowest BCUT2D eigenvalue weighted by Gasteiger charge is -2.22. The zero-order valence-electron chi connectivity index (χ0n) is 8.71. The van der Waals surface area contributed by atoms with Gasteiger partial charge in [-0.15, -0.1) is 0 Å². The first-order valence-electron chi connectivity index (χ1n) is 4.49. The van der Waals surface area contributed by atoms with Gasteiger partial charge >= 0.3 is 6.18 Å². The molecule has 0 bridgehead atoms. The van der Waals surface area contributed by atoms with E-state index >= 15 is 0 Å². The van der Waals surface area contributed by atoms with Crippen LogP contribution < -0.4 is 5.14 Å². The first-order chi connectivity index (χ1) is 6.79. The summed E-state index contributed by atoms with van der Waals surface area (Å²) in [6, 6.07) is 0. The molecular weight excluding hydrogens is 247 g/mol. The van der Waals surface area contributed by atoms with Crippen molar-refractivity contribution in [3.8, 4) is 0 Å². The predicted octanol–water partition coefficient (Wildman–Crippen LogP) is 2.32. The van der Waals surface area contributed by atoms with Gasteiger partial charge in [0.25, 0.3) is 0 Å². The lowest BCUT2D eigenvalue weighted by atomic mass is 10.0. The van der Waals surface area contributed by atoms with Crippen LogP contribution in [-0.2, 0) is 11.4 Å². The highest BCUT2D eigenvalue weighted by Gasteiger charge is 2.41. The van der Waals surface area contributed by atoms with Crippen LogP contribution in [-0.4, -0.2) is 28.0 Å². The molecule has 0 amide bonds. The minimum absolute atomic E-state index is 0.0617. The summed E-state index contributed by atoms with van der Waals surface area (Å²) in [6.45, 7) is 1.48. The number of halogens is 3. The number of alkyl halides is 3. The van der Waals surface area contributed by atoms with Crippen LogP contribution >= 0.6 is 11.8 Å².